The molecule has 7 nitrogen and oxygen atoms in total. The van der Waals surface area contributed by atoms with Gasteiger partial charge in [-0.1, -0.05) is 36.4 Å². The van der Waals surface area contributed by atoms with Crippen LogP contribution in [0.5, 0.6) is 11.5 Å². The molecule has 7 heteroatoms. The lowest BCUT2D eigenvalue weighted by Gasteiger charge is -2.12. The van der Waals surface area contributed by atoms with Gasteiger partial charge in [0.2, 0.25) is 0 Å². The highest BCUT2D eigenvalue weighted by Crippen LogP contribution is 2.34. The first-order chi connectivity index (χ1) is 13.5. The number of fused-ring (bicyclic) bond motifs is 1. The Kier molecular flexibility index (Phi) is 5.74. The van der Waals surface area contributed by atoms with Crippen molar-refractivity contribution in [2.75, 3.05) is 13.7 Å². The van der Waals surface area contributed by atoms with Crippen LogP contribution in [-0.2, 0) is 6.54 Å². The zero-order chi connectivity index (χ0) is 20.1. The van der Waals surface area contributed by atoms with E-state index < -0.39 is 10.8 Å². The highest BCUT2D eigenvalue weighted by atomic mass is 16.6. The monoisotopic (exact) mass is 380 g/mol. The fraction of sp³-hybridized carbons (Fsp3) is 0.190. The average Bonchev–Trinajstić information content (AvgIpc) is 2.71. The van der Waals surface area contributed by atoms with Gasteiger partial charge in [0.25, 0.3) is 11.6 Å². The molecule has 1 N–H and O–H groups in total. The minimum absolute atomic E-state index is 0.0740. The molecule has 0 aliphatic carbocycles. The van der Waals surface area contributed by atoms with E-state index in [1.165, 1.54) is 19.2 Å². The third-order valence-corrected chi connectivity index (χ3v) is 4.29. The van der Waals surface area contributed by atoms with Crippen LogP contribution in [0, 0.1) is 10.1 Å². The lowest BCUT2D eigenvalue weighted by atomic mass is 10.1. The fourth-order valence-electron chi connectivity index (χ4n) is 2.94. The number of benzene rings is 3. The van der Waals surface area contributed by atoms with Crippen LogP contribution in [0.3, 0.4) is 0 Å². The number of hydrogen-bond acceptors (Lipinski definition) is 5. The molecule has 0 heterocycles. The van der Waals surface area contributed by atoms with Gasteiger partial charge >= 0.3 is 0 Å². The van der Waals surface area contributed by atoms with E-state index in [2.05, 4.69) is 5.32 Å². The third-order valence-electron chi connectivity index (χ3n) is 4.29. The molecular formula is C21H20N2O5. The number of carbonyl (C=O) groups excluding carboxylic acids is 1. The number of hydrogen-bond donors (Lipinski definition) is 1. The second-order valence-electron chi connectivity index (χ2n) is 6.07. The molecular weight excluding hydrogens is 360 g/mol. The zero-order valence-electron chi connectivity index (χ0n) is 15.6. The van der Waals surface area contributed by atoms with Crippen LogP contribution in [0.4, 0.5) is 5.69 Å². The van der Waals surface area contributed by atoms with Crippen molar-refractivity contribution in [2.24, 2.45) is 0 Å². The molecule has 0 unspecified atom stereocenters. The van der Waals surface area contributed by atoms with Gasteiger partial charge in [-0.25, -0.2) is 0 Å². The minimum atomic E-state index is -0.608. The molecule has 3 rings (SSSR count). The van der Waals surface area contributed by atoms with Gasteiger partial charge in [0.15, 0.2) is 11.5 Å². The van der Waals surface area contributed by atoms with E-state index in [1.54, 1.807) is 6.92 Å². The van der Waals surface area contributed by atoms with Crippen LogP contribution >= 0.6 is 0 Å². The molecule has 0 fully saturated rings. The number of nitrogens with zero attached hydrogens (tertiary/aromatic N) is 1. The molecule has 0 spiro atoms. The molecule has 0 saturated heterocycles. The molecule has 0 aliphatic rings. The first-order valence-electron chi connectivity index (χ1n) is 8.78. The standard InChI is InChI=1S/C21H20N2O5/c1-3-28-20-11-17(18(23(25)26)12-19(20)27-2)21(24)22-13-14-8-9-15-6-4-5-7-16(15)10-14/h4-12H,3,13H2,1-2H3,(H,22,24). The van der Waals surface area contributed by atoms with E-state index in [0.717, 1.165) is 16.3 Å². The van der Waals surface area contributed by atoms with Crippen LogP contribution in [0.25, 0.3) is 10.8 Å². The lowest BCUT2D eigenvalue weighted by molar-refractivity contribution is -0.385. The number of nitro benzene ring substituents is 1. The summed E-state index contributed by atoms with van der Waals surface area (Å²) >= 11 is 0. The Bertz CT molecular complexity index is 1030. The summed E-state index contributed by atoms with van der Waals surface area (Å²) in [4.78, 5) is 23.5. The fourth-order valence-corrected chi connectivity index (χ4v) is 2.94. The summed E-state index contributed by atoms with van der Waals surface area (Å²) in [5.41, 5.74) is 0.486. The second kappa shape index (κ2) is 8.39. The first-order valence-corrected chi connectivity index (χ1v) is 8.78. The molecule has 28 heavy (non-hydrogen) atoms. The van der Waals surface area contributed by atoms with Gasteiger partial charge in [-0.2, -0.15) is 0 Å². The molecule has 3 aromatic carbocycles. The Morgan fingerprint density at radius 1 is 1.07 bits per heavy atom. The molecule has 0 aromatic heterocycles. The van der Waals surface area contributed by atoms with Crippen molar-refractivity contribution in [3.8, 4) is 11.5 Å². The number of carbonyl (C=O) groups is 1. The number of rotatable bonds is 7. The van der Waals surface area contributed by atoms with Crippen molar-refractivity contribution >= 4 is 22.4 Å². The number of ether oxygens (including phenoxy) is 2. The Balaban J connectivity index is 1.85. The summed E-state index contributed by atoms with van der Waals surface area (Å²) in [5.74, 6) is -0.0606. The van der Waals surface area contributed by atoms with Gasteiger partial charge in [0.1, 0.15) is 5.56 Å². The van der Waals surface area contributed by atoms with Gasteiger partial charge < -0.3 is 14.8 Å². The summed E-state index contributed by atoms with van der Waals surface area (Å²) in [6.07, 6.45) is 0. The van der Waals surface area contributed by atoms with Gasteiger partial charge in [0, 0.05) is 12.6 Å². The SMILES string of the molecule is CCOc1cc(C(=O)NCc2ccc3ccccc3c2)c([N+](=O)[O-])cc1OC. The second-order valence-corrected chi connectivity index (χ2v) is 6.07. The maximum atomic E-state index is 12.7. The van der Waals surface area contributed by atoms with Crippen LogP contribution in [0.15, 0.2) is 54.6 Å². The van der Waals surface area contributed by atoms with Crippen LogP contribution in [0.2, 0.25) is 0 Å². The van der Waals surface area contributed by atoms with Crippen molar-refractivity contribution in [1.82, 2.24) is 5.32 Å². The quantitative estimate of drug-likeness (QED) is 0.492. The van der Waals surface area contributed by atoms with E-state index in [4.69, 9.17) is 9.47 Å². The van der Waals surface area contributed by atoms with Crippen LogP contribution in [0.1, 0.15) is 22.8 Å². The van der Waals surface area contributed by atoms with E-state index in [-0.39, 0.29) is 29.3 Å². The molecule has 0 atom stereocenters. The number of nitro groups is 1. The highest BCUT2D eigenvalue weighted by molar-refractivity contribution is 5.99. The average molecular weight is 380 g/mol. The predicted octanol–water partition coefficient (Wildman–Crippen LogP) is 4.09. The molecule has 0 saturated carbocycles. The van der Waals surface area contributed by atoms with Crippen molar-refractivity contribution in [3.63, 3.8) is 0 Å². The van der Waals surface area contributed by atoms with Gasteiger partial charge in [-0.15, -0.1) is 0 Å². The number of methoxy groups -OCH3 is 1. The number of amides is 1. The molecule has 144 valence electrons. The van der Waals surface area contributed by atoms with Gasteiger partial charge in [-0.3, -0.25) is 14.9 Å². The molecule has 0 bridgehead atoms. The zero-order valence-corrected chi connectivity index (χ0v) is 15.6. The summed E-state index contributed by atoms with van der Waals surface area (Å²) in [6.45, 7) is 2.36. The van der Waals surface area contributed by atoms with E-state index >= 15 is 0 Å². The Labute approximate surface area is 162 Å². The van der Waals surface area contributed by atoms with Crippen molar-refractivity contribution in [1.29, 1.82) is 0 Å². The smallest absolute Gasteiger partial charge is 0.286 e. The summed E-state index contributed by atoms with van der Waals surface area (Å²) in [7, 11) is 1.39. The summed E-state index contributed by atoms with van der Waals surface area (Å²) in [5, 5.41) is 16.3. The van der Waals surface area contributed by atoms with E-state index in [9.17, 15) is 14.9 Å². The predicted molar refractivity (Wildman–Crippen MR) is 106 cm³/mol. The normalized spacial score (nSPS) is 10.5. The van der Waals surface area contributed by atoms with Gasteiger partial charge in [-0.05, 0) is 29.3 Å². The first kappa shape index (κ1) is 19.2. The summed E-state index contributed by atoms with van der Waals surface area (Å²) in [6, 6.07) is 16.3. The molecule has 0 radical (unpaired) electrons. The largest absolute Gasteiger partial charge is 0.493 e. The van der Waals surface area contributed by atoms with Crippen molar-refractivity contribution in [2.45, 2.75) is 13.5 Å². The lowest BCUT2D eigenvalue weighted by Crippen LogP contribution is -2.24. The Morgan fingerprint density at radius 2 is 1.82 bits per heavy atom. The van der Waals surface area contributed by atoms with E-state index in [1.807, 2.05) is 42.5 Å². The van der Waals surface area contributed by atoms with Crippen LogP contribution < -0.4 is 14.8 Å². The topological polar surface area (TPSA) is 90.7 Å². The third kappa shape index (κ3) is 4.03. The number of nitrogens with one attached hydrogen (secondary N) is 1. The Morgan fingerprint density at radius 3 is 2.50 bits per heavy atom. The maximum Gasteiger partial charge on any atom is 0.286 e. The van der Waals surface area contributed by atoms with Crippen LogP contribution in [-0.4, -0.2) is 24.5 Å². The highest BCUT2D eigenvalue weighted by Gasteiger charge is 2.24. The van der Waals surface area contributed by atoms with Crippen molar-refractivity contribution in [3.05, 3.63) is 75.8 Å². The molecule has 3 aromatic rings. The maximum absolute atomic E-state index is 12.7. The molecule has 0 aliphatic heterocycles. The molecule has 1 amide bonds. The van der Waals surface area contributed by atoms with E-state index in [0.29, 0.717) is 6.61 Å². The minimum Gasteiger partial charge on any atom is -0.493 e. The van der Waals surface area contributed by atoms with Gasteiger partial charge in [0.05, 0.1) is 24.7 Å². The summed E-state index contributed by atoms with van der Waals surface area (Å²) < 4.78 is 10.6. The van der Waals surface area contributed by atoms with Crippen molar-refractivity contribution < 1.29 is 19.2 Å². The Hall–Kier alpha value is -3.61.